The molecule has 0 unspecified atom stereocenters. The van der Waals surface area contributed by atoms with Gasteiger partial charge in [-0.15, -0.1) is 0 Å². The Balaban J connectivity index is 2.13. The molecule has 1 aromatic heterocycles. The number of H-pyrrole nitrogens is 1. The predicted molar refractivity (Wildman–Crippen MR) is 82.6 cm³/mol. The highest BCUT2D eigenvalue weighted by molar-refractivity contribution is 5.28. The van der Waals surface area contributed by atoms with E-state index in [1.54, 1.807) is 7.11 Å². The molecule has 5 nitrogen and oxygen atoms in total. The van der Waals surface area contributed by atoms with E-state index in [1.807, 2.05) is 24.3 Å². The standard InChI is InChI=1S/C16H21N3O2/c1-11(2)17-10-13-9-16(20)19-15(18-13)8-12-4-6-14(21-3)7-5-12/h4-7,9,11,17H,8,10H2,1-3H3,(H,18,19,20). The first-order chi connectivity index (χ1) is 10.1. The molecule has 112 valence electrons. The number of methoxy groups -OCH3 is 1. The molecule has 5 heteroatoms. The maximum Gasteiger partial charge on any atom is 0.251 e. The predicted octanol–water partition coefficient (Wildman–Crippen LogP) is 1.87. The average Bonchev–Trinajstić information content (AvgIpc) is 2.45. The molecule has 0 radical (unpaired) electrons. The van der Waals surface area contributed by atoms with Gasteiger partial charge in [-0.25, -0.2) is 4.98 Å². The van der Waals surface area contributed by atoms with Crippen molar-refractivity contribution < 1.29 is 4.74 Å². The van der Waals surface area contributed by atoms with Crippen molar-refractivity contribution in [2.75, 3.05) is 7.11 Å². The Hall–Kier alpha value is -2.14. The second kappa shape index (κ2) is 7.04. The lowest BCUT2D eigenvalue weighted by molar-refractivity contribution is 0.414. The lowest BCUT2D eigenvalue weighted by Crippen LogP contribution is -2.24. The Bertz CT molecular complexity index is 633. The number of aromatic nitrogens is 2. The first-order valence-corrected chi connectivity index (χ1v) is 7.02. The van der Waals surface area contributed by atoms with Crippen LogP contribution in [0.25, 0.3) is 0 Å². The number of rotatable bonds is 6. The molecule has 0 bridgehead atoms. The Labute approximate surface area is 124 Å². The number of hydrogen-bond acceptors (Lipinski definition) is 4. The smallest absolute Gasteiger partial charge is 0.251 e. The first-order valence-electron chi connectivity index (χ1n) is 7.02. The van der Waals surface area contributed by atoms with Gasteiger partial charge in [-0.3, -0.25) is 4.79 Å². The number of ether oxygens (including phenoxy) is 1. The summed E-state index contributed by atoms with van der Waals surface area (Å²) in [5.41, 5.74) is 1.72. The molecule has 21 heavy (non-hydrogen) atoms. The summed E-state index contributed by atoms with van der Waals surface area (Å²) in [6.07, 6.45) is 0.592. The van der Waals surface area contributed by atoms with E-state index in [4.69, 9.17) is 4.74 Å². The van der Waals surface area contributed by atoms with Gasteiger partial charge in [0.25, 0.3) is 5.56 Å². The lowest BCUT2D eigenvalue weighted by atomic mass is 10.1. The van der Waals surface area contributed by atoms with Gasteiger partial charge in [-0.05, 0) is 17.7 Å². The quantitative estimate of drug-likeness (QED) is 0.851. The molecule has 0 fully saturated rings. The van der Waals surface area contributed by atoms with Crippen LogP contribution in [-0.4, -0.2) is 23.1 Å². The molecular weight excluding hydrogens is 266 g/mol. The van der Waals surface area contributed by atoms with Gasteiger partial charge in [0.2, 0.25) is 0 Å². The van der Waals surface area contributed by atoms with Gasteiger partial charge in [-0.2, -0.15) is 0 Å². The van der Waals surface area contributed by atoms with Gasteiger partial charge in [0.05, 0.1) is 12.8 Å². The normalized spacial score (nSPS) is 10.9. The van der Waals surface area contributed by atoms with E-state index in [0.29, 0.717) is 24.8 Å². The molecule has 1 aromatic carbocycles. The third-order valence-corrected chi connectivity index (χ3v) is 3.07. The average molecular weight is 287 g/mol. The van der Waals surface area contributed by atoms with Gasteiger partial charge in [0.1, 0.15) is 11.6 Å². The zero-order chi connectivity index (χ0) is 15.2. The third kappa shape index (κ3) is 4.72. The summed E-state index contributed by atoms with van der Waals surface area (Å²) in [5.74, 6) is 1.49. The number of nitrogens with zero attached hydrogens (tertiary/aromatic N) is 1. The van der Waals surface area contributed by atoms with Crippen molar-refractivity contribution in [3.63, 3.8) is 0 Å². The van der Waals surface area contributed by atoms with Crippen LogP contribution in [0, 0.1) is 0 Å². The lowest BCUT2D eigenvalue weighted by Gasteiger charge is -2.09. The summed E-state index contributed by atoms with van der Waals surface area (Å²) in [6.45, 7) is 4.72. The van der Waals surface area contributed by atoms with Crippen LogP contribution < -0.4 is 15.6 Å². The Morgan fingerprint density at radius 2 is 2.00 bits per heavy atom. The largest absolute Gasteiger partial charge is 0.497 e. The second-order valence-electron chi connectivity index (χ2n) is 5.24. The van der Waals surface area contributed by atoms with E-state index < -0.39 is 0 Å². The number of hydrogen-bond donors (Lipinski definition) is 2. The molecule has 2 N–H and O–H groups in total. The van der Waals surface area contributed by atoms with Crippen molar-refractivity contribution >= 4 is 0 Å². The van der Waals surface area contributed by atoms with E-state index in [9.17, 15) is 4.79 Å². The summed E-state index contributed by atoms with van der Waals surface area (Å²) in [5, 5.41) is 3.26. The van der Waals surface area contributed by atoms with Gasteiger partial charge >= 0.3 is 0 Å². The minimum Gasteiger partial charge on any atom is -0.497 e. The summed E-state index contributed by atoms with van der Waals surface area (Å²) in [7, 11) is 1.64. The second-order valence-corrected chi connectivity index (χ2v) is 5.24. The van der Waals surface area contributed by atoms with Crippen molar-refractivity contribution in [2.45, 2.75) is 32.9 Å². The highest BCUT2D eigenvalue weighted by Gasteiger charge is 2.04. The molecule has 0 saturated carbocycles. The van der Waals surface area contributed by atoms with Gasteiger partial charge < -0.3 is 15.0 Å². The number of nitrogens with one attached hydrogen (secondary N) is 2. The van der Waals surface area contributed by atoms with Crippen molar-refractivity contribution in [1.29, 1.82) is 0 Å². The maximum atomic E-state index is 11.7. The van der Waals surface area contributed by atoms with E-state index in [2.05, 4.69) is 29.1 Å². The minimum absolute atomic E-state index is 0.117. The fraction of sp³-hybridized carbons (Fsp3) is 0.375. The van der Waals surface area contributed by atoms with Crippen molar-refractivity contribution in [3.8, 4) is 5.75 Å². The molecule has 0 spiro atoms. The van der Waals surface area contributed by atoms with Crippen LogP contribution in [0.15, 0.2) is 35.1 Å². The molecule has 1 heterocycles. The Morgan fingerprint density at radius 1 is 1.29 bits per heavy atom. The van der Waals surface area contributed by atoms with Crippen LogP contribution >= 0.6 is 0 Å². The third-order valence-electron chi connectivity index (χ3n) is 3.07. The fourth-order valence-corrected chi connectivity index (χ4v) is 1.98. The minimum atomic E-state index is -0.117. The van der Waals surface area contributed by atoms with Gasteiger partial charge in [0.15, 0.2) is 0 Å². The summed E-state index contributed by atoms with van der Waals surface area (Å²) < 4.78 is 5.13. The molecular formula is C16H21N3O2. The first kappa shape index (κ1) is 15.3. The van der Waals surface area contributed by atoms with E-state index in [-0.39, 0.29) is 5.56 Å². The molecule has 0 atom stereocenters. The highest BCUT2D eigenvalue weighted by Crippen LogP contribution is 2.13. The van der Waals surface area contributed by atoms with Crippen molar-refractivity contribution in [2.24, 2.45) is 0 Å². The molecule has 0 aliphatic carbocycles. The molecule has 0 amide bonds. The van der Waals surface area contributed by atoms with Crippen molar-refractivity contribution in [1.82, 2.24) is 15.3 Å². The van der Waals surface area contributed by atoms with Crippen LogP contribution in [0.3, 0.4) is 0 Å². The molecule has 0 aliphatic rings. The maximum absolute atomic E-state index is 11.7. The zero-order valence-corrected chi connectivity index (χ0v) is 12.6. The van der Waals surface area contributed by atoms with Crippen LogP contribution in [0.2, 0.25) is 0 Å². The van der Waals surface area contributed by atoms with Crippen molar-refractivity contribution in [3.05, 3.63) is 57.8 Å². The van der Waals surface area contributed by atoms with Crippen LogP contribution in [0.1, 0.15) is 30.9 Å². The Kier molecular flexibility index (Phi) is 5.11. The summed E-state index contributed by atoms with van der Waals surface area (Å²) >= 11 is 0. The Morgan fingerprint density at radius 3 is 2.62 bits per heavy atom. The van der Waals surface area contributed by atoms with E-state index >= 15 is 0 Å². The van der Waals surface area contributed by atoms with E-state index in [0.717, 1.165) is 17.0 Å². The van der Waals surface area contributed by atoms with Gasteiger partial charge in [0, 0.05) is 25.1 Å². The van der Waals surface area contributed by atoms with Crippen LogP contribution in [0.4, 0.5) is 0 Å². The highest BCUT2D eigenvalue weighted by atomic mass is 16.5. The number of benzene rings is 1. The fourth-order valence-electron chi connectivity index (χ4n) is 1.98. The molecule has 0 aliphatic heterocycles. The SMILES string of the molecule is COc1ccc(Cc2nc(CNC(C)C)cc(=O)[nH]2)cc1. The van der Waals surface area contributed by atoms with Gasteiger partial charge in [-0.1, -0.05) is 26.0 Å². The molecule has 2 aromatic rings. The zero-order valence-electron chi connectivity index (χ0n) is 12.6. The number of aromatic amines is 1. The molecule has 2 rings (SSSR count). The summed E-state index contributed by atoms with van der Waals surface area (Å²) in [6, 6.07) is 9.63. The molecule has 0 saturated heterocycles. The van der Waals surface area contributed by atoms with Crippen LogP contribution in [0.5, 0.6) is 5.75 Å². The summed E-state index contributed by atoms with van der Waals surface area (Å²) in [4.78, 5) is 19.0. The topological polar surface area (TPSA) is 67.0 Å². The van der Waals surface area contributed by atoms with Crippen LogP contribution in [-0.2, 0) is 13.0 Å². The monoisotopic (exact) mass is 287 g/mol. The van der Waals surface area contributed by atoms with E-state index in [1.165, 1.54) is 6.07 Å².